The van der Waals surface area contributed by atoms with Crippen LogP contribution in [0.25, 0.3) is 0 Å². The molecule has 1 aromatic carbocycles. The molecule has 2 N–H and O–H groups in total. The number of carbonyl (C=O) groups excluding carboxylic acids is 1. The van der Waals surface area contributed by atoms with E-state index in [1.165, 1.54) is 0 Å². The molecule has 2 aliphatic heterocycles. The highest BCUT2D eigenvalue weighted by atomic mass is 16.9. The fraction of sp³-hybridized carbons (Fsp3) is 0.536. The smallest absolute Gasteiger partial charge is 0.289 e. The molecular formula is C28H32O6. The second-order valence-electron chi connectivity index (χ2n) is 11.0. The Labute approximate surface area is 199 Å². The highest BCUT2D eigenvalue weighted by Gasteiger charge is 2.79. The molecule has 0 aromatic heterocycles. The SMILES string of the molecule is C=C(C)C12C[C@@H](C)[C@@]34O[C@](Cc5ccccc5)(O[C@@H]1[C@@H]3C=C(CO)C[C@]1(O)C(=O)C(C)=C[C@@H]41)O2. The minimum absolute atomic E-state index is 0.0761. The summed E-state index contributed by atoms with van der Waals surface area (Å²) in [4.78, 5) is 13.3. The second kappa shape index (κ2) is 6.99. The van der Waals surface area contributed by atoms with E-state index in [1.54, 1.807) is 6.92 Å². The number of hydrogen-bond donors (Lipinski definition) is 2. The predicted molar refractivity (Wildman–Crippen MR) is 124 cm³/mol. The van der Waals surface area contributed by atoms with Crippen LogP contribution in [0.4, 0.5) is 0 Å². The summed E-state index contributed by atoms with van der Waals surface area (Å²) in [7, 11) is 0. The van der Waals surface area contributed by atoms with Crippen LogP contribution in [0.1, 0.15) is 39.2 Å². The van der Waals surface area contributed by atoms with Crippen LogP contribution < -0.4 is 0 Å². The molecule has 2 heterocycles. The molecule has 180 valence electrons. The lowest BCUT2D eigenvalue weighted by molar-refractivity contribution is -0.421. The number of ether oxygens (including phenoxy) is 3. The van der Waals surface area contributed by atoms with E-state index < -0.39 is 34.8 Å². The molecule has 8 atom stereocenters. The molecule has 1 unspecified atom stereocenters. The van der Waals surface area contributed by atoms with Crippen molar-refractivity contribution in [3.05, 3.63) is 71.3 Å². The lowest BCUT2D eigenvalue weighted by Crippen LogP contribution is -2.70. The summed E-state index contributed by atoms with van der Waals surface area (Å²) < 4.78 is 20.5. The standard InChI is InChI=1S/C28H32O6/c1-16(2)26-12-18(4)28-21(11-20(15-29)13-25(31)22(28)10-17(3)23(25)30)24(26)32-27(33-26,34-28)14-19-8-6-5-7-9-19/h5-11,18,21-22,24,29,31H,1,12-15H2,2-4H3/t18-,21+,22-,24-,25-,26?,27-,28-/m1/s1. The average molecular weight is 465 g/mol. The van der Waals surface area contributed by atoms with Crippen molar-refractivity contribution in [2.24, 2.45) is 17.8 Å². The molecule has 2 saturated heterocycles. The molecule has 3 bridgehead atoms. The van der Waals surface area contributed by atoms with Gasteiger partial charge in [-0.15, -0.1) is 0 Å². The zero-order valence-electron chi connectivity index (χ0n) is 19.9. The van der Waals surface area contributed by atoms with Crippen LogP contribution in [0.2, 0.25) is 0 Å². The van der Waals surface area contributed by atoms with Crippen molar-refractivity contribution in [3.63, 3.8) is 0 Å². The van der Waals surface area contributed by atoms with E-state index in [1.807, 2.05) is 49.4 Å². The van der Waals surface area contributed by atoms with Crippen molar-refractivity contribution >= 4 is 5.78 Å². The molecule has 1 saturated carbocycles. The van der Waals surface area contributed by atoms with Gasteiger partial charge in [-0.2, -0.15) is 0 Å². The molecule has 3 fully saturated rings. The second-order valence-corrected chi connectivity index (χ2v) is 11.0. The summed E-state index contributed by atoms with van der Waals surface area (Å²) in [6.45, 7) is 9.87. The number of benzene rings is 1. The first-order chi connectivity index (χ1) is 16.1. The van der Waals surface area contributed by atoms with Crippen LogP contribution in [0.3, 0.4) is 0 Å². The van der Waals surface area contributed by atoms with Gasteiger partial charge in [-0.1, -0.05) is 56.0 Å². The molecule has 6 rings (SSSR count). The van der Waals surface area contributed by atoms with E-state index in [-0.39, 0.29) is 30.6 Å². The van der Waals surface area contributed by atoms with Gasteiger partial charge in [0.1, 0.15) is 17.3 Å². The minimum Gasteiger partial charge on any atom is -0.392 e. The molecule has 0 amide bonds. The Morgan fingerprint density at radius 2 is 1.94 bits per heavy atom. The van der Waals surface area contributed by atoms with E-state index in [9.17, 15) is 15.0 Å². The Morgan fingerprint density at radius 3 is 2.62 bits per heavy atom. The first-order valence-electron chi connectivity index (χ1n) is 12.1. The maximum absolute atomic E-state index is 13.3. The number of hydrogen-bond acceptors (Lipinski definition) is 6. The Balaban J connectivity index is 1.58. The van der Waals surface area contributed by atoms with E-state index in [0.29, 0.717) is 24.0 Å². The van der Waals surface area contributed by atoms with Gasteiger partial charge in [-0.3, -0.25) is 4.79 Å². The number of Topliss-reactive ketones (excluding diaryl/α,β-unsaturated/α-hetero) is 1. The number of aliphatic hydroxyl groups is 2. The largest absolute Gasteiger partial charge is 0.392 e. The Bertz CT molecular complexity index is 1140. The van der Waals surface area contributed by atoms with Gasteiger partial charge in [0.05, 0.1) is 18.6 Å². The highest BCUT2D eigenvalue weighted by Crippen LogP contribution is 2.68. The zero-order chi connectivity index (χ0) is 24.1. The maximum atomic E-state index is 13.3. The van der Waals surface area contributed by atoms with Crippen LogP contribution in [0.15, 0.2) is 65.8 Å². The number of carbonyl (C=O) groups is 1. The molecule has 34 heavy (non-hydrogen) atoms. The third-order valence-corrected chi connectivity index (χ3v) is 8.93. The highest BCUT2D eigenvalue weighted by molar-refractivity contribution is 6.04. The van der Waals surface area contributed by atoms with Crippen molar-refractivity contribution in [1.82, 2.24) is 0 Å². The van der Waals surface area contributed by atoms with Gasteiger partial charge in [0.25, 0.3) is 5.97 Å². The number of ketones is 1. The van der Waals surface area contributed by atoms with Crippen LogP contribution >= 0.6 is 0 Å². The quantitative estimate of drug-likeness (QED) is 0.666. The van der Waals surface area contributed by atoms with E-state index in [4.69, 9.17) is 14.2 Å². The lowest BCUT2D eigenvalue weighted by Gasteiger charge is -2.59. The lowest BCUT2D eigenvalue weighted by atomic mass is 9.55. The molecule has 5 aliphatic rings. The van der Waals surface area contributed by atoms with Crippen LogP contribution in [0, 0.1) is 17.8 Å². The number of fused-ring (bicyclic) bond motifs is 2. The summed E-state index contributed by atoms with van der Waals surface area (Å²) in [6.07, 6.45) is 4.51. The van der Waals surface area contributed by atoms with Crippen LogP contribution in [0.5, 0.6) is 0 Å². The summed E-state index contributed by atoms with van der Waals surface area (Å²) in [6, 6.07) is 9.92. The van der Waals surface area contributed by atoms with Gasteiger partial charge in [0.2, 0.25) is 0 Å². The fourth-order valence-electron chi connectivity index (χ4n) is 7.50. The van der Waals surface area contributed by atoms with Crippen molar-refractivity contribution in [2.75, 3.05) is 6.61 Å². The van der Waals surface area contributed by atoms with Crippen molar-refractivity contribution in [3.8, 4) is 0 Å². The maximum Gasteiger partial charge on any atom is 0.289 e. The molecule has 6 nitrogen and oxygen atoms in total. The van der Waals surface area contributed by atoms with Crippen molar-refractivity contribution < 1.29 is 29.2 Å². The summed E-state index contributed by atoms with van der Waals surface area (Å²) in [5, 5.41) is 22.1. The summed E-state index contributed by atoms with van der Waals surface area (Å²) >= 11 is 0. The van der Waals surface area contributed by atoms with E-state index in [2.05, 4.69) is 13.5 Å². The van der Waals surface area contributed by atoms with Gasteiger partial charge in [0.15, 0.2) is 5.78 Å². The average Bonchev–Trinajstić information content (AvgIpc) is 3.10. The third kappa shape index (κ3) is 2.61. The van der Waals surface area contributed by atoms with E-state index >= 15 is 0 Å². The van der Waals surface area contributed by atoms with Gasteiger partial charge < -0.3 is 24.4 Å². The van der Waals surface area contributed by atoms with Gasteiger partial charge >= 0.3 is 0 Å². The Hall–Kier alpha value is -2.09. The summed E-state index contributed by atoms with van der Waals surface area (Å²) in [5.41, 5.74) is -0.348. The minimum atomic E-state index is -1.67. The molecule has 3 aliphatic carbocycles. The van der Waals surface area contributed by atoms with Gasteiger partial charge in [-0.25, -0.2) is 0 Å². The van der Waals surface area contributed by atoms with Crippen molar-refractivity contribution in [2.45, 2.75) is 68.9 Å². The van der Waals surface area contributed by atoms with E-state index in [0.717, 1.165) is 11.1 Å². The fourth-order valence-corrected chi connectivity index (χ4v) is 7.50. The number of aliphatic hydroxyl groups excluding tert-OH is 1. The molecule has 0 radical (unpaired) electrons. The topological polar surface area (TPSA) is 85.2 Å². The zero-order valence-corrected chi connectivity index (χ0v) is 19.9. The third-order valence-electron chi connectivity index (χ3n) is 8.93. The van der Waals surface area contributed by atoms with Crippen LogP contribution in [-0.2, 0) is 25.4 Å². The van der Waals surface area contributed by atoms with Crippen molar-refractivity contribution in [1.29, 1.82) is 0 Å². The normalized spacial score (nSPS) is 46.4. The Kier molecular flexibility index (Phi) is 4.60. The van der Waals surface area contributed by atoms with Gasteiger partial charge in [0, 0.05) is 18.3 Å². The monoisotopic (exact) mass is 464 g/mol. The molecule has 1 aromatic rings. The molecule has 0 spiro atoms. The summed E-state index contributed by atoms with van der Waals surface area (Å²) in [5.74, 6) is -2.64. The molecule has 6 heteroatoms. The molecular weight excluding hydrogens is 432 g/mol. The predicted octanol–water partition coefficient (Wildman–Crippen LogP) is 3.24. The van der Waals surface area contributed by atoms with Gasteiger partial charge in [-0.05, 0) is 48.5 Å². The first-order valence-corrected chi connectivity index (χ1v) is 12.1. The van der Waals surface area contributed by atoms with Crippen LogP contribution in [-0.4, -0.2) is 51.5 Å². The number of rotatable bonds is 4. The Morgan fingerprint density at radius 1 is 1.21 bits per heavy atom. The first kappa shape index (κ1) is 22.4.